The van der Waals surface area contributed by atoms with Gasteiger partial charge in [-0.2, -0.15) is 0 Å². The van der Waals surface area contributed by atoms with Crippen LogP contribution in [-0.4, -0.2) is 46.7 Å². The van der Waals surface area contributed by atoms with Crippen molar-refractivity contribution in [3.63, 3.8) is 0 Å². The van der Waals surface area contributed by atoms with Gasteiger partial charge in [-0.25, -0.2) is 9.59 Å². The van der Waals surface area contributed by atoms with E-state index in [2.05, 4.69) is 6.92 Å². The van der Waals surface area contributed by atoms with Gasteiger partial charge >= 0.3 is 11.9 Å². The molecule has 0 radical (unpaired) electrons. The Bertz CT molecular complexity index is 968. The minimum Gasteiger partial charge on any atom is -0.497 e. The minimum absolute atomic E-state index is 0.0989. The van der Waals surface area contributed by atoms with E-state index in [1.54, 1.807) is 24.3 Å². The zero-order valence-corrected chi connectivity index (χ0v) is 24.2. The molecule has 10 nitrogen and oxygen atoms in total. The van der Waals surface area contributed by atoms with Crippen LogP contribution in [-0.2, 0) is 19.6 Å². The number of hydrogen-bond donors (Lipinski definition) is 0. The third kappa shape index (κ3) is 10.9. The zero-order valence-electron chi connectivity index (χ0n) is 24.2. The molecule has 0 aliphatic rings. The first-order valence-corrected chi connectivity index (χ1v) is 13.7. The molecule has 10 heteroatoms. The Morgan fingerprint density at radius 1 is 0.600 bits per heavy atom. The molecule has 0 amide bonds. The molecule has 222 valence electrons. The lowest BCUT2D eigenvalue weighted by atomic mass is 10.1. The van der Waals surface area contributed by atoms with Crippen LogP contribution in [0.2, 0.25) is 0 Å². The molecule has 0 bridgehead atoms. The second-order valence-electron chi connectivity index (χ2n) is 9.11. The molecule has 0 heterocycles. The number of hydrogen-bond acceptors (Lipinski definition) is 10. The highest BCUT2D eigenvalue weighted by molar-refractivity contribution is 5.93. The minimum atomic E-state index is -1.16. The Balaban J connectivity index is 2.00. The number of carbonyl (C=O) groups is 2. The predicted molar refractivity (Wildman–Crippen MR) is 148 cm³/mol. The highest BCUT2D eigenvalue weighted by Gasteiger charge is 2.23. The van der Waals surface area contributed by atoms with E-state index in [4.69, 9.17) is 38.5 Å². The maximum absolute atomic E-state index is 12.8. The molecule has 0 saturated carbocycles. The van der Waals surface area contributed by atoms with Gasteiger partial charge in [0.25, 0.3) is 0 Å². The molecule has 0 unspecified atom stereocenters. The molecule has 2 rings (SSSR count). The van der Waals surface area contributed by atoms with E-state index in [-0.39, 0.29) is 22.6 Å². The van der Waals surface area contributed by atoms with E-state index < -0.39 is 18.2 Å². The maximum Gasteiger partial charge on any atom is 0.377 e. The third-order valence-corrected chi connectivity index (χ3v) is 6.26. The summed E-state index contributed by atoms with van der Waals surface area (Å²) < 4.78 is 20.8. The molecule has 0 fully saturated rings. The molecular weight excluding hydrogens is 520 g/mol. The smallest absolute Gasteiger partial charge is 0.377 e. The maximum atomic E-state index is 12.8. The van der Waals surface area contributed by atoms with Gasteiger partial charge in [0.1, 0.15) is 34.1 Å². The number of ether oxygens (including phenoxy) is 4. The van der Waals surface area contributed by atoms with Crippen LogP contribution < -0.4 is 18.9 Å². The summed E-state index contributed by atoms with van der Waals surface area (Å²) in [6, 6.07) is 9.40. The summed E-state index contributed by atoms with van der Waals surface area (Å²) in [5.74, 6) is -0.202. The van der Waals surface area contributed by atoms with E-state index in [0.29, 0.717) is 24.3 Å². The van der Waals surface area contributed by atoms with Crippen molar-refractivity contribution in [3.05, 3.63) is 47.5 Å². The standard InChI is InChI=1S/C30H42O10/c1-6-7-8-9-10-11-12-13-14-15-28(37-39-29(31)24-20-22(33-2)16-18-26(24)35-4)38-40-30(32)25-21-23(34-3)17-19-27(25)36-5/h16-21,28H,6-15H2,1-5H3. The molecule has 0 aliphatic carbocycles. The van der Waals surface area contributed by atoms with Crippen molar-refractivity contribution in [1.29, 1.82) is 0 Å². The van der Waals surface area contributed by atoms with Crippen molar-refractivity contribution in [2.45, 2.75) is 77.4 Å². The largest absolute Gasteiger partial charge is 0.497 e. The van der Waals surface area contributed by atoms with Crippen LogP contribution >= 0.6 is 0 Å². The monoisotopic (exact) mass is 562 g/mol. The van der Waals surface area contributed by atoms with Crippen LogP contribution in [0.3, 0.4) is 0 Å². The Kier molecular flexibility index (Phi) is 15.3. The van der Waals surface area contributed by atoms with Crippen molar-refractivity contribution in [2.75, 3.05) is 28.4 Å². The molecular formula is C30H42O10. The summed E-state index contributed by atoms with van der Waals surface area (Å²) in [5, 5.41) is 0. The molecule has 0 aliphatic heterocycles. The van der Waals surface area contributed by atoms with Crippen LogP contribution in [0.15, 0.2) is 36.4 Å². The normalized spacial score (nSPS) is 10.8. The fourth-order valence-corrected chi connectivity index (χ4v) is 3.97. The van der Waals surface area contributed by atoms with Crippen LogP contribution in [0, 0.1) is 0 Å². The molecule has 0 atom stereocenters. The molecule has 0 aromatic heterocycles. The Morgan fingerprint density at radius 2 is 1.02 bits per heavy atom. The first kappa shape index (κ1) is 32.7. The van der Waals surface area contributed by atoms with Gasteiger partial charge in [0.05, 0.1) is 28.4 Å². The summed E-state index contributed by atoms with van der Waals surface area (Å²) in [6.07, 6.45) is 9.21. The van der Waals surface area contributed by atoms with Gasteiger partial charge in [0.2, 0.25) is 6.29 Å². The average Bonchev–Trinajstić information content (AvgIpc) is 2.99. The second-order valence-corrected chi connectivity index (χ2v) is 9.11. The molecule has 0 saturated heterocycles. The van der Waals surface area contributed by atoms with Crippen molar-refractivity contribution in [1.82, 2.24) is 0 Å². The van der Waals surface area contributed by atoms with Crippen molar-refractivity contribution < 1.29 is 48.1 Å². The topological polar surface area (TPSA) is 108 Å². The van der Waals surface area contributed by atoms with Gasteiger partial charge in [-0.1, -0.05) is 58.3 Å². The lowest BCUT2D eigenvalue weighted by Gasteiger charge is -2.16. The summed E-state index contributed by atoms with van der Waals surface area (Å²) in [7, 11) is 5.82. The van der Waals surface area contributed by atoms with Gasteiger partial charge in [-0.05, 0) is 42.8 Å². The highest BCUT2D eigenvalue weighted by Crippen LogP contribution is 2.27. The third-order valence-electron chi connectivity index (χ3n) is 6.26. The summed E-state index contributed by atoms with van der Waals surface area (Å²) >= 11 is 0. The van der Waals surface area contributed by atoms with E-state index in [1.807, 2.05) is 0 Å². The van der Waals surface area contributed by atoms with Gasteiger partial charge in [-0.15, -0.1) is 9.78 Å². The van der Waals surface area contributed by atoms with Gasteiger partial charge in [0.15, 0.2) is 0 Å². The van der Waals surface area contributed by atoms with Gasteiger partial charge in [0, 0.05) is 6.42 Å². The van der Waals surface area contributed by atoms with E-state index in [9.17, 15) is 9.59 Å². The fourth-order valence-electron chi connectivity index (χ4n) is 3.97. The Labute approximate surface area is 236 Å². The first-order chi connectivity index (χ1) is 19.5. The molecule has 2 aromatic carbocycles. The highest BCUT2D eigenvalue weighted by atomic mass is 17.3. The lowest BCUT2D eigenvalue weighted by Crippen LogP contribution is -2.22. The number of benzene rings is 2. The van der Waals surface area contributed by atoms with Crippen LogP contribution in [0.4, 0.5) is 0 Å². The summed E-state index contributed by atoms with van der Waals surface area (Å²) in [5.41, 5.74) is 0.198. The number of methoxy groups -OCH3 is 4. The van der Waals surface area contributed by atoms with Crippen molar-refractivity contribution in [3.8, 4) is 23.0 Å². The average molecular weight is 563 g/mol. The SMILES string of the molecule is CCCCCCCCCCCC(OOC(=O)c1cc(OC)ccc1OC)OOC(=O)c1cc(OC)ccc1OC. The number of carbonyl (C=O) groups excluding carboxylic acids is 2. The molecule has 40 heavy (non-hydrogen) atoms. The van der Waals surface area contributed by atoms with Crippen molar-refractivity contribution in [2.24, 2.45) is 0 Å². The Morgan fingerprint density at radius 3 is 1.43 bits per heavy atom. The molecule has 2 aromatic rings. The second kappa shape index (κ2) is 18.7. The van der Waals surface area contributed by atoms with Crippen LogP contribution in [0.1, 0.15) is 91.8 Å². The fraction of sp³-hybridized carbons (Fsp3) is 0.533. The van der Waals surface area contributed by atoms with Crippen LogP contribution in [0.5, 0.6) is 23.0 Å². The van der Waals surface area contributed by atoms with E-state index in [1.165, 1.54) is 72.7 Å². The Hall–Kier alpha value is -3.50. The van der Waals surface area contributed by atoms with Gasteiger partial charge in [-0.3, -0.25) is 9.78 Å². The van der Waals surface area contributed by atoms with Crippen molar-refractivity contribution >= 4 is 11.9 Å². The van der Waals surface area contributed by atoms with E-state index >= 15 is 0 Å². The first-order valence-electron chi connectivity index (χ1n) is 13.7. The number of rotatable bonds is 20. The predicted octanol–water partition coefficient (Wildman–Crippen LogP) is 6.85. The number of unbranched alkanes of at least 4 members (excludes halogenated alkanes) is 8. The zero-order chi connectivity index (χ0) is 29.2. The summed E-state index contributed by atoms with van der Waals surface area (Å²) in [4.78, 5) is 46.2. The van der Waals surface area contributed by atoms with E-state index in [0.717, 1.165) is 19.3 Å². The van der Waals surface area contributed by atoms with Crippen LogP contribution in [0.25, 0.3) is 0 Å². The lowest BCUT2D eigenvalue weighted by molar-refractivity contribution is -0.421. The molecule has 0 N–H and O–H groups in total. The summed E-state index contributed by atoms with van der Waals surface area (Å²) in [6.45, 7) is 2.20. The van der Waals surface area contributed by atoms with Gasteiger partial charge < -0.3 is 18.9 Å². The quantitative estimate of drug-likeness (QED) is 0.0736. The molecule has 0 spiro atoms.